The molecule has 2 aromatic heterocycles. The van der Waals surface area contributed by atoms with Gasteiger partial charge in [0.15, 0.2) is 0 Å². The molecule has 11 nitrogen and oxygen atoms in total. The summed E-state index contributed by atoms with van der Waals surface area (Å²) in [6.45, 7) is 0.664. The molecule has 1 unspecified atom stereocenters. The number of piperidine rings is 1. The van der Waals surface area contributed by atoms with E-state index in [9.17, 15) is 19.7 Å². The molecule has 0 aliphatic carbocycles. The Morgan fingerprint density at radius 1 is 1.25 bits per heavy atom. The topological polar surface area (TPSA) is 136 Å². The molecule has 1 saturated heterocycles. The molecule has 1 aliphatic rings. The molecule has 12 heteroatoms. The first-order chi connectivity index (χ1) is 15.4. The van der Waals surface area contributed by atoms with Crippen LogP contribution in [0.3, 0.4) is 0 Å². The number of hydrogen-bond acceptors (Lipinski definition) is 7. The van der Waals surface area contributed by atoms with Gasteiger partial charge in [-0.3, -0.25) is 19.7 Å². The first-order valence-electron chi connectivity index (χ1n) is 9.77. The molecule has 1 N–H and O–H groups in total. The van der Waals surface area contributed by atoms with Crippen molar-refractivity contribution in [3.05, 3.63) is 69.9 Å². The van der Waals surface area contributed by atoms with Crippen molar-refractivity contribution in [1.29, 1.82) is 0 Å². The Bertz CT molecular complexity index is 1150. The molecular formula is C20H18ClN7O4. The summed E-state index contributed by atoms with van der Waals surface area (Å²) in [7, 11) is 0. The molecule has 1 aromatic carbocycles. The highest BCUT2D eigenvalue weighted by Crippen LogP contribution is 2.26. The lowest BCUT2D eigenvalue weighted by molar-refractivity contribution is -0.384. The number of benzene rings is 1. The fourth-order valence-electron chi connectivity index (χ4n) is 3.57. The number of anilines is 1. The summed E-state index contributed by atoms with van der Waals surface area (Å²) in [5.74, 6) is -0.665. The third-order valence-corrected chi connectivity index (χ3v) is 5.37. The van der Waals surface area contributed by atoms with Gasteiger partial charge in [-0.1, -0.05) is 11.6 Å². The fraction of sp³-hybridized carbons (Fsp3) is 0.250. The summed E-state index contributed by atoms with van der Waals surface area (Å²) >= 11 is 5.81. The van der Waals surface area contributed by atoms with E-state index >= 15 is 0 Å². The van der Waals surface area contributed by atoms with Crippen LogP contribution in [0.4, 0.5) is 11.5 Å². The average Bonchev–Trinajstić information content (AvgIpc) is 3.34. The first-order valence-corrected chi connectivity index (χ1v) is 10.2. The van der Waals surface area contributed by atoms with Crippen LogP contribution < -0.4 is 5.32 Å². The maximum Gasteiger partial charge on any atom is 0.295 e. The zero-order chi connectivity index (χ0) is 22.7. The molecule has 3 heterocycles. The van der Waals surface area contributed by atoms with Crippen LogP contribution in [0.5, 0.6) is 0 Å². The minimum absolute atomic E-state index is 0.168. The zero-order valence-electron chi connectivity index (χ0n) is 16.7. The van der Waals surface area contributed by atoms with Gasteiger partial charge in [-0.2, -0.15) is 5.10 Å². The van der Waals surface area contributed by atoms with Crippen LogP contribution in [0.2, 0.25) is 5.02 Å². The maximum atomic E-state index is 13.0. The second kappa shape index (κ2) is 9.10. The van der Waals surface area contributed by atoms with Crippen molar-refractivity contribution in [3.63, 3.8) is 0 Å². The van der Waals surface area contributed by atoms with E-state index in [1.54, 1.807) is 12.1 Å². The highest BCUT2D eigenvalue weighted by atomic mass is 35.5. The maximum absolute atomic E-state index is 13.0. The van der Waals surface area contributed by atoms with Gasteiger partial charge in [0.25, 0.3) is 11.6 Å². The van der Waals surface area contributed by atoms with Gasteiger partial charge in [-0.05, 0) is 37.1 Å². The van der Waals surface area contributed by atoms with Crippen LogP contribution in [0.1, 0.15) is 23.2 Å². The number of nitrogens with one attached hydrogen (secondary N) is 1. The number of nitrogens with zero attached hydrogens (tertiary/aromatic N) is 6. The largest absolute Gasteiger partial charge is 0.338 e. The lowest BCUT2D eigenvalue weighted by Crippen LogP contribution is -2.43. The van der Waals surface area contributed by atoms with E-state index in [-0.39, 0.29) is 35.3 Å². The van der Waals surface area contributed by atoms with Crippen molar-refractivity contribution in [3.8, 4) is 5.69 Å². The highest BCUT2D eigenvalue weighted by Gasteiger charge is 2.30. The van der Waals surface area contributed by atoms with E-state index in [1.165, 1.54) is 46.6 Å². The molecule has 4 rings (SSSR count). The molecule has 0 spiro atoms. The minimum atomic E-state index is -0.570. The normalized spacial score (nSPS) is 15.9. The zero-order valence-corrected chi connectivity index (χ0v) is 17.5. The number of pyridine rings is 1. The Balaban J connectivity index is 1.49. The second-order valence-electron chi connectivity index (χ2n) is 7.24. The van der Waals surface area contributed by atoms with E-state index in [1.807, 2.05) is 0 Å². The summed E-state index contributed by atoms with van der Waals surface area (Å²) in [4.78, 5) is 46.1. The van der Waals surface area contributed by atoms with Crippen molar-refractivity contribution in [2.75, 3.05) is 18.4 Å². The van der Waals surface area contributed by atoms with Gasteiger partial charge >= 0.3 is 0 Å². The molecule has 0 radical (unpaired) electrons. The van der Waals surface area contributed by atoms with Gasteiger partial charge in [0.05, 0.1) is 15.9 Å². The molecule has 1 fully saturated rings. The van der Waals surface area contributed by atoms with Crippen LogP contribution in [0.15, 0.2) is 49.2 Å². The van der Waals surface area contributed by atoms with Crippen molar-refractivity contribution in [2.24, 2.45) is 5.92 Å². The van der Waals surface area contributed by atoms with Crippen LogP contribution in [0.25, 0.3) is 5.69 Å². The van der Waals surface area contributed by atoms with Crippen LogP contribution in [-0.2, 0) is 4.79 Å². The first kappa shape index (κ1) is 21.4. The lowest BCUT2D eigenvalue weighted by atomic mass is 9.96. The minimum Gasteiger partial charge on any atom is -0.338 e. The van der Waals surface area contributed by atoms with E-state index in [4.69, 9.17) is 11.6 Å². The van der Waals surface area contributed by atoms with Crippen LogP contribution >= 0.6 is 11.6 Å². The van der Waals surface area contributed by atoms with Crippen molar-refractivity contribution < 1.29 is 14.5 Å². The molecule has 0 saturated carbocycles. The van der Waals surface area contributed by atoms with E-state index in [0.717, 1.165) is 0 Å². The number of carbonyl (C=O) groups is 2. The molecule has 32 heavy (non-hydrogen) atoms. The Morgan fingerprint density at radius 2 is 2.09 bits per heavy atom. The average molecular weight is 456 g/mol. The van der Waals surface area contributed by atoms with Gasteiger partial charge in [0.1, 0.15) is 24.2 Å². The van der Waals surface area contributed by atoms with Gasteiger partial charge in [-0.25, -0.2) is 14.6 Å². The standard InChI is InChI=1S/C20H18ClN7O4/c21-15-4-6-18(23-9-15)25-19(29)14-2-1-7-26(10-14)20(30)13-3-5-16(17(8-13)28(31)32)27-12-22-11-24-27/h3-6,8-9,11-12,14H,1-2,7,10H2,(H,23,25,29). The molecule has 164 valence electrons. The van der Waals surface area contributed by atoms with Crippen molar-refractivity contribution >= 4 is 34.9 Å². The summed E-state index contributed by atoms with van der Waals surface area (Å²) in [6, 6.07) is 7.41. The van der Waals surface area contributed by atoms with Crippen LogP contribution in [-0.4, -0.2) is 54.5 Å². The smallest absolute Gasteiger partial charge is 0.295 e. The monoisotopic (exact) mass is 455 g/mol. The quantitative estimate of drug-likeness (QED) is 0.461. The predicted molar refractivity (Wildman–Crippen MR) is 115 cm³/mol. The number of amides is 2. The predicted octanol–water partition coefficient (Wildman–Crippen LogP) is 2.71. The van der Waals surface area contributed by atoms with E-state index in [0.29, 0.717) is 30.2 Å². The number of rotatable bonds is 5. The van der Waals surface area contributed by atoms with E-state index < -0.39 is 10.8 Å². The Kier molecular flexibility index (Phi) is 6.08. The molecule has 0 bridgehead atoms. The van der Waals surface area contributed by atoms with Gasteiger partial charge < -0.3 is 10.2 Å². The number of aromatic nitrogens is 4. The molecule has 2 amide bonds. The highest BCUT2D eigenvalue weighted by molar-refractivity contribution is 6.30. The Labute approximate surface area is 187 Å². The van der Waals surface area contributed by atoms with E-state index in [2.05, 4.69) is 20.4 Å². The summed E-state index contributed by atoms with van der Waals surface area (Å²) < 4.78 is 1.26. The summed E-state index contributed by atoms with van der Waals surface area (Å²) in [6.07, 6.45) is 5.30. The Hall–Kier alpha value is -3.86. The molecule has 3 aromatic rings. The summed E-state index contributed by atoms with van der Waals surface area (Å²) in [5.41, 5.74) is 0.109. The number of hydrogen-bond donors (Lipinski definition) is 1. The SMILES string of the molecule is O=C(Nc1ccc(Cl)cn1)C1CCCN(C(=O)c2ccc(-n3cncn3)c([N+](=O)[O-])c2)C1. The molecular weight excluding hydrogens is 438 g/mol. The van der Waals surface area contributed by atoms with Gasteiger partial charge in [-0.15, -0.1) is 0 Å². The number of nitro groups is 1. The number of carbonyl (C=O) groups excluding carboxylic acids is 2. The number of likely N-dealkylation sites (tertiary alicyclic amines) is 1. The molecule has 1 aliphatic heterocycles. The van der Waals surface area contributed by atoms with Crippen molar-refractivity contribution in [2.45, 2.75) is 12.8 Å². The van der Waals surface area contributed by atoms with Crippen molar-refractivity contribution in [1.82, 2.24) is 24.6 Å². The molecule has 1 atom stereocenters. The third-order valence-electron chi connectivity index (χ3n) is 5.14. The lowest BCUT2D eigenvalue weighted by Gasteiger charge is -2.32. The number of nitro benzene ring substituents is 1. The van der Waals surface area contributed by atoms with Gasteiger partial charge in [0, 0.05) is 30.9 Å². The second-order valence-corrected chi connectivity index (χ2v) is 7.68. The Morgan fingerprint density at radius 3 is 2.78 bits per heavy atom. The fourth-order valence-corrected chi connectivity index (χ4v) is 3.68. The van der Waals surface area contributed by atoms with Gasteiger partial charge in [0.2, 0.25) is 5.91 Å². The van der Waals surface area contributed by atoms with Crippen LogP contribution in [0, 0.1) is 16.0 Å². The third kappa shape index (κ3) is 4.57. The number of halogens is 1. The summed E-state index contributed by atoms with van der Waals surface area (Å²) in [5, 5.41) is 18.7.